The number of benzene rings is 1. The summed E-state index contributed by atoms with van der Waals surface area (Å²) in [7, 11) is 1.89. The van der Waals surface area contributed by atoms with Gasteiger partial charge in [-0.1, -0.05) is 12.1 Å². The monoisotopic (exact) mass is 321 g/mol. The summed E-state index contributed by atoms with van der Waals surface area (Å²) in [6.07, 6.45) is 4.23. The van der Waals surface area contributed by atoms with E-state index in [1.165, 1.54) is 12.8 Å². The third-order valence-corrected chi connectivity index (χ3v) is 3.53. The van der Waals surface area contributed by atoms with E-state index < -0.39 is 0 Å². The van der Waals surface area contributed by atoms with Gasteiger partial charge in [-0.3, -0.25) is 4.79 Å². The molecule has 1 aliphatic rings. The zero-order chi connectivity index (χ0) is 14.7. The van der Waals surface area contributed by atoms with E-state index in [0.717, 1.165) is 29.5 Å². The summed E-state index contributed by atoms with van der Waals surface area (Å²) in [5, 5.41) is 14.0. The minimum Gasteiger partial charge on any atom is -0.325 e. The summed E-state index contributed by atoms with van der Waals surface area (Å²) in [6.45, 7) is 1.29. The van der Waals surface area contributed by atoms with Gasteiger partial charge in [0.1, 0.15) is 6.33 Å². The van der Waals surface area contributed by atoms with Crippen LogP contribution in [0, 0.1) is 5.92 Å². The smallest absolute Gasteiger partial charge is 0.238 e. The van der Waals surface area contributed by atoms with Crippen molar-refractivity contribution in [2.45, 2.75) is 12.8 Å². The molecule has 0 radical (unpaired) electrons. The number of carbonyl (C=O) groups excluding carboxylic acids is 1. The lowest BCUT2D eigenvalue weighted by Crippen LogP contribution is -2.29. The third kappa shape index (κ3) is 4.29. The zero-order valence-corrected chi connectivity index (χ0v) is 13.3. The third-order valence-electron chi connectivity index (χ3n) is 3.53. The van der Waals surface area contributed by atoms with Gasteiger partial charge in [0.05, 0.1) is 6.54 Å². The van der Waals surface area contributed by atoms with Crippen molar-refractivity contribution in [2.24, 2.45) is 13.0 Å². The quantitative estimate of drug-likeness (QED) is 0.851. The van der Waals surface area contributed by atoms with Crippen molar-refractivity contribution in [3.8, 4) is 11.4 Å². The van der Waals surface area contributed by atoms with Gasteiger partial charge in [-0.25, -0.2) is 0 Å². The second-order valence-corrected chi connectivity index (χ2v) is 5.47. The number of halogens is 1. The molecule has 1 aromatic heterocycles. The van der Waals surface area contributed by atoms with Gasteiger partial charge < -0.3 is 15.2 Å². The predicted molar refractivity (Wildman–Crippen MR) is 87.9 cm³/mol. The van der Waals surface area contributed by atoms with Gasteiger partial charge in [-0.15, -0.1) is 22.6 Å². The summed E-state index contributed by atoms with van der Waals surface area (Å²) < 4.78 is 1.85. The molecule has 0 aliphatic heterocycles. The van der Waals surface area contributed by atoms with Gasteiger partial charge in [0.15, 0.2) is 5.82 Å². The molecule has 0 spiro atoms. The molecule has 0 unspecified atom stereocenters. The van der Waals surface area contributed by atoms with Crippen molar-refractivity contribution < 1.29 is 4.79 Å². The molecule has 1 fully saturated rings. The van der Waals surface area contributed by atoms with Crippen LogP contribution in [0.4, 0.5) is 5.69 Å². The molecule has 1 amide bonds. The fraction of sp³-hybridized carbons (Fsp3) is 0.400. The largest absolute Gasteiger partial charge is 0.325 e. The Morgan fingerprint density at radius 3 is 2.91 bits per heavy atom. The Bertz CT molecular complexity index is 638. The van der Waals surface area contributed by atoms with E-state index in [1.54, 1.807) is 6.33 Å². The second kappa shape index (κ2) is 7.38. The van der Waals surface area contributed by atoms with Gasteiger partial charge in [-0.05, 0) is 37.4 Å². The molecule has 2 N–H and O–H groups in total. The van der Waals surface area contributed by atoms with Crippen LogP contribution in [-0.4, -0.2) is 33.8 Å². The normalized spacial score (nSPS) is 13.5. The zero-order valence-electron chi connectivity index (χ0n) is 12.5. The number of hydrogen-bond acceptors (Lipinski definition) is 4. The van der Waals surface area contributed by atoms with Crippen LogP contribution in [0.1, 0.15) is 12.8 Å². The molecule has 2 aromatic rings. The summed E-state index contributed by atoms with van der Waals surface area (Å²) in [6, 6.07) is 7.63. The number of carbonyl (C=O) groups is 1. The fourth-order valence-corrected chi connectivity index (χ4v) is 2.20. The molecule has 0 bridgehead atoms. The van der Waals surface area contributed by atoms with E-state index in [4.69, 9.17) is 0 Å². The maximum absolute atomic E-state index is 11.9. The molecular formula is C15H20ClN5O. The van der Waals surface area contributed by atoms with E-state index in [9.17, 15) is 4.79 Å². The fourth-order valence-electron chi connectivity index (χ4n) is 2.20. The first-order chi connectivity index (χ1) is 10.2. The molecule has 0 saturated heterocycles. The van der Waals surface area contributed by atoms with Crippen LogP contribution in [0.5, 0.6) is 0 Å². The second-order valence-electron chi connectivity index (χ2n) is 5.47. The maximum Gasteiger partial charge on any atom is 0.238 e. The lowest BCUT2D eigenvalue weighted by Gasteiger charge is -2.08. The molecule has 1 heterocycles. The lowest BCUT2D eigenvalue weighted by molar-refractivity contribution is -0.115. The topological polar surface area (TPSA) is 71.8 Å². The first-order valence-electron chi connectivity index (χ1n) is 7.17. The molecule has 22 heavy (non-hydrogen) atoms. The molecule has 1 saturated carbocycles. The van der Waals surface area contributed by atoms with E-state index in [1.807, 2.05) is 35.9 Å². The first-order valence-corrected chi connectivity index (χ1v) is 7.17. The van der Waals surface area contributed by atoms with E-state index >= 15 is 0 Å². The van der Waals surface area contributed by atoms with Gasteiger partial charge in [0, 0.05) is 18.3 Å². The highest BCUT2D eigenvalue weighted by molar-refractivity contribution is 5.92. The van der Waals surface area contributed by atoms with Crippen LogP contribution in [0.15, 0.2) is 30.6 Å². The van der Waals surface area contributed by atoms with Gasteiger partial charge in [-0.2, -0.15) is 0 Å². The number of nitrogens with zero attached hydrogens (tertiary/aromatic N) is 3. The number of amides is 1. The molecular weight excluding hydrogens is 302 g/mol. The molecule has 0 atom stereocenters. The summed E-state index contributed by atoms with van der Waals surface area (Å²) >= 11 is 0. The van der Waals surface area contributed by atoms with Crippen molar-refractivity contribution in [2.75, 3.05) is 18.4 Å². The molecule has 118 valence electrons. The number of hydrogen-bond donors (Lipinski definition) is 2. The van der Waals surface area contributed by atoms with Crippen LogP contribution in [0.2, 0.25) is 0 Å². The van der Waals surface area contributed by atoms with Crippen molar-refractivity contribution in [1.82, 2.24) is 20.1 Å². The average molecular weight is 322 g/mol. The van der Waals surface area contributed by atoms with Crippen LogP contribution in [-0.2, 0) is 11.8 Å². The van der Waals surface area contributed by atoms with Gasteiger partial charge in [0.25, 0.3) is 0 Å². The van der Waals surface area contributed by atoms with Crippen molar-refractivity contribution >= 4 is 24.0 Å². The van der Waals surface area contributed by atoms with Crippen LogP contribution in [0.3, 0.4) is 0 Å². The molecule has 3 rings (SSSR count). The highest BCUT2D eigenvalue weighted by atomic mass is 35.5. The molecule has 1 aromatic carbocycles. The Morgan fingerprint density at radius 2 is 2.23 bits per heavy atom. The number of anilines is 1. The summed E-state index contributed by atoms with van der Waals surface area (Å²) in [5.74, 6) is 1.53. The summed E-state index contributed by atoms with van der Waals surface area (Å²) in [4.78, 5) is 11.9. The molecule has 1 aliphatic carbocycles. The first kappa shape index (κ1) is 16.5. The average Bonchev–Trinajstić information content (AvgIpc) is 3.19. The Hall–Kier alpha value is -1.92. The van der Waals surface area contributed by atoms with Crippen molar-refractivity contribution in [3.05, 3.63) is 30.6 Å². The highest BCUT2D eigenvalue weighted by Gasteiger charge is 2.20. The van der Waals surface area contributed by atoms with E-state index in [0.29, 0.717) is 6.54 Å². The number of nitrogens with one attached hydrogen (secondary N) is 2. The molecule has 7 heteroatoms. The number of rotatable bonds is 6. The van der Waals surface area contributed by atoms with Crippen LogP contribution >= 0.6 is 12.4 Å². The Kier molecular flexibility index (Phi) is 5.51. The van der Waals surface area contributed by atoms with E-state index in [-0.39, 0.29) is 18.3 Å². The van der Waals surface area contributed by atoms with Crippen LogP contribution in [0.25, 0.3) is 11.4 Å². The minimum atomic E-state index is -0.0224. The Labute approximate surface area is 135 Å². The number of aromatic nitrogens is 3. The lowest BCUT2D eigenvalue weighted by atomic mass is 10.2. The Balaban J connectivity index is 0.00000176. The standard InChI is InChI=1S/C15H19N5O.ClH/c1-20-10-17-19-15(20)12-3-2-4-13(7-12)18-14(21)9-16-8-11-5-6-11;/h2-4,7,10-11,16H,5-6,8-9H2,1H3,(H,18,21);1H. The highest BCUT2D eigenvalue weighted by Crippen LogP contribution is 2.27. The Morgan fingerprint density at radius 1 is 1.41 bits per heavy atom. The van der Waals surface area contributed by atoms with Crippen molar-refractivity contribution in [3.63, 3.8) is 0 Å². The maximum atomic E-state index is 11.9. The predicted octanol–water partition coefficient (Wildman–Crippen LogP) is 1.84. The number of aryl methyl sites for hydroxylation is 1. The SMILES string of the molecule is Cl.Cn1cnnc1-c1cccc(NC(=O)CNCC2CC2)c1. The van der Waals surface area contributed by atoms with Gasteiger partial charge >= 0.3 is 0 Å². The van der Waals surface area contributed by atoms with E-state index in [2.05, 4.69) is 20.8 Å². The minimum absolute atomic E-state index is 0. The van der Waals surface area contributed by atoms with Gasteiger partial charge in [0.2, 0.25) is 5.91 Å². The van der Waals surface area contributed by atoms with Crippen molar-refractivity contribution in [1.29, 1.82) is 0 Å². The molecule has 6 nitrogen and oxygen atoms in total. The summed E-state index contributed by atoms with van der Waals surface area (Å²) in [5.41, 5.74) is 1.70. The van der Waals surface area contributed by atoms with Crippen LogP contribution < -0.4 is 10.6 Å².